The molecule has 0 saturated carbocycles. The maximum Gasteiger partial charge on any atom is 0.0452 e. The van der Waals surface area contributed by atoms with Gasteiger partial charge in [-0.2, -0.15) is 0 Å². The minimum atomic E-state index is 0.706. The van der Waals surface area contributed by atoms with Gasteiger partial charge in [-0.25, -0.2) is 0 Å². The minimum absolute atomic E-state index is 0.706. The van der Waals surface area contributed by atoms with Crippen molar-refractivity contribution >= 4 is 0 Å². The third kappa shape index (κ3) is 2.28. The Labute approximate surface area is 90.3 Å². The van der Waals surface area contributed by atoms with E-state index >= 15 is 0 Å². The van der Waals surface area contributed by atoms with Gasteiger partial charge in [0.1, 0.15) is 0 Å². The first-order valence-corrected chi connectivity index (χ1v) is 5.23. The highest BCUT2D eigenvalue weighted by Crippen LogP contribution is 2.12. The van der Waals surface area contributed by atoms with Crippen molar-refractivity contribution in [3.8, 4) is 5.69 Å². The molecule has 0 spiro atoms. The van der Waals surface area contributed by atoms with Crippen molar-refractivity contribution < 1.29 is 0 Å². The average Bonchev–Trinajstić information content (AvgIpc) is 2.67. The summed E-state index contributed by atoms with van der Waals surface area (Å²) in [6.07, 6.45) is 5.17. The summed E-state index contributed by atoms with van der Waals surface area (Å²) in [5.74, 6) is 0. The molecule has 1 aromatic carbocycles. The second kappa shape index (κ2) is 4.32. The van der Waals surface area contributed by atoms with E-state index in [1.807, 2.05) is 0 Å². The van der Waals surface area contributed by atoms with E-state index in [4.69, 9.17) is 5.73 Å². The van der Waals surface area contributed by atoms with Crippen molar-refractivity contribution in [2.24, 2.45) is 5.73 Å². The van der Waals surface area contributed by atoms with Gasteiger partial charge in [-0.3, -0.25) is 0 Å². The van der Waals surface area contributed by atoms with Crippen LogP contribution in [0.25, 0.3) is 5.69 Å². The number of hydrogen-bond acceptors (Lipinski definition) is 1. The Morgan fingerprint density at radius 2 is 2.13 bits per heavy atom. The summed E-state index contributed by atoms with van der Waals surface area (Å²) in [5.41, 5.74) is 9.30. The van der Waals surface area contributed by atoms with Crippen LogP contribution in [0.5, 0.6) is 0 Å². The molecule has 0 saturated heterocycles. The molecule has 2 rings (SSSR count). The molecule has 2 nitrogen and oxygen atoms in total. The lowest BCUT2D eigenvalue weighted by atomic mass is 10.2. The van der Waals surface area contributed by atoms with Gasteiger partial charge in [0.25, 0.3) is 0 Å². The molecule has 0 aliphatic rings. The molecule has 0 radical (unpaired) electrons. The summed E-state index contributed by atoms with van der Waals surface area (Å²) in [6, 6.07) is 10.6. The predicted octanol–water partition coefficient (Wildman–Crippen LogP) is 2.29. The number of aromatic nitrogens is 1. The van der Waals surface area contributed by atoms with Crippen molar-refractivity contribution in [3.63, 3.8) is 0 Å². The Balaban J connectivity index is 2.29. The molecular formula is C13H16N2. The number of nitrogens with zero attached hydrogens (tertiary/aromatic N) is 1. The summed E-state index contributed by atoms with van der Waals surface area (Å²) < 4.78 is 2.14. The normalized spacial score (nSPS) is 10.5. The highest BCUT2D eigenvalue weighted by Gasteiger charge is 1.98. The van der Waals surface area contributed by atoms with Gasteiger partial charge in [0, 0.05) is 18.1 Å². The second-order valence-corrected chi connectivity index (χ2v) is 3.80. The van der Waals surface area contributed by atoms with E-state index < -0.39 is 0 Å². The first-order chi connectivity index (χ1) is 7.29. The monoisotopic (exact) mass is 200 g/mol. The average molecular weight is 200 g/mol. The van der Waals surface area contributed by atoms with Gasteiger partial charge in [-0.1, -0.05) is 12.1 Å². The lowest BCUT2D eigenvalue weighted by molar-refractivity contribution is 0.961. The molecule has 2 N–H and O–H groups in total. The predicted molar refractivity (Wildman–Crippen MR) is 63.3 cm³/mol. The summed E-state index contributed by atoms with van der Waals surface area (Å²) >= 11 is 0. The van der Waals surface area contributed by atoms with Crippen molar-refractivity contribution in [2.45, 2.75) is 13.3 Å². The van der Waals surface area contributed by atoms with E-state index in [1.54, 1.807) is 0 Å². The van der Waals surface area contributed by atoms with Gasteiger partial charge in [0.2, 0.25) is 0 Å². The summed E-state index contributed by atoms with van der Waals surface area (Å²) in [7, 11) is 0. The SMILES string of the molecule is Cc1cccc(-n2ccc(CCN)c2)c1. The van der Waals surface area contributed by atoms with Crippen molar-refractivity contribution in [1.29, 1.82) is 0 Å². The Hall–Kier alpha value is -1.54. The smallest absolute Gasteiger partial charge is 0.0452 e. The first kappa shape index (κ1) is 9.99. The second-order valence-electron chi connectivity index (χ2n) is 3.80. The van der Waals surface area contributed by atoms with Gasteiger partial charge >= 0.3 is 0 Å². The molecule has 0 aliphatic heterocycles. The zero-order valence-electron chi connectivity index (χ0n) is 8.98. The maximum absolute atomic E-state index is 5.52. The molecule has 0 bridgehead atoms. The van der Waals surface area contributed by atoms with Crippen LogP contribution < -0.4 is 5.73 Å². The Morgan fingerprint density at radius 1 is 1.27 bits per heavy atom. The molecular weight excluding hydrogens is 184 g/mol. The number of aryl methyl sites for hydroxylation is 1. The highest BCUT2D eigenvalue weighted by molar-refractivity contribution is 5.36. The maximum atomic E-state index is 5.52. The molecule has 0 fully saturated rings. The number of rotatable bonds is 3. The third-order valence-electron chi connectivity index (χ3n) is 2.49. The van der Waals surface area contributed by atoms with Crippen molar-refractivity contribution in [2.75, 3.05) is 6.54 Å². The van der Waals surface area contributed by atoms with E-state index in [2.05, 4.69) is 54.2 Å². The van der Waals surface area contributed by atoms with Crippen LogP contribution in [0, 0.1) is 6.92 Å². The van der Waals surface area contributed by atoms with E-state index in [1.165, 1.54) is 16.8 Å². The van der Waals surface area contributed by atoms with Gasteiger partial charge in [-0.05, 0) is 49.2 Å². The van der Waals surface area contributed by atoms with Gasteiger partial charge in [0.15, 0.2) is 0 Å². The van der Waals surface area contributed by atoms with Crippen molar-refractivity contribution in [3.05, 3.63) is 53.9 Å². The Morgan fingerprint density at radius 3 is 2.87 bits per heavy atom. The molecule has 0 unspecified atom stereocenters. The number of hydrogen-bond donors (Lipinski definition) is 1. The van der Waals surface area contributed by atoms with Gasteiger partial charge in [-0.15, -0.1) is 0 Å². The Kier molecular flexibility index (Phi) is 2.88. The lowest BCUT2D eigenvalue weighted by Gasteiger charge is -2.03. The Bertz CT molecular complexity index is 443. The molecule has 0 amide bonds. The van der Waals surface area contributed by atoms with Crippen LogP contribution in [-0.4, -0.2) is 11.1 Å². The topological polar surface area (TPSA) is 30.9 Å². The molecule has 15 heavy (non-hydrogen) atoms. The molecule has 0 aliphatic carbocycles. The minimum Gasteiger partial charge on any atom is -0.330 e. The van der Waals surface area contributed by atoms with Crippen LogP contribution in [0.4, 0.5) is 0 Å². The fourth-order valence-corrected chi connectivity index (χ4v) is 1.70. The third-order valence-corrected chi connectivity index (χ3v) is 2.49. The molecule has 1 heterocycles. The summed E-state index contributed by atoms with van der Waals surface area (Å²) in [6.45, 7) is 2.81. The van der Waals surface area contributed by atoms with E-state index in [0.717, 1.165) is 6.42 Å². The van der Waals surface area contributed by atoms with Crippen LogP contribution >= 0.6 is 0 Å². The number of benzene rings is 1. The fraction of sp³-hybridized carbons (Fsp3) is 0.231. The highest BCUT2D eigenvalue weighted by atomic mass is 14.9. The van der Waals surface area contributed by atoms with Crippen LogP contribution in [0.2, 0.25) is 0 Å². The van der Waals surface area contributed by atoms with E-state index in [0.29, 0.717) is 6.54 Å². The molecule has 0 atom stereocenters. The van der Waals surface area contributed by atoms with E-state index in [-0.39, 0.29) is 0 Å². The van der Waals surface area contributed by atoms with E-state index in [9.17, 15) is 0 Å². The molecule has 2 aromatic rings. The molecule has 2 heteroatoms. The molecule has 78 valence electrons. The molecule has 1 aromatic heterocycles. The largest absolute Gasteiger partial charge is 0.330 e. The van der Waals surface area contributed by atoms with Crippen LogP contribution in [0.3, 0.4) is 0 Å². The van der Waals surface area contributed by atoms with Crippen LogP contribution in [0.1, 0.15) is 11.1 Å². The summed E-state index contributed by atoms with van der Waals surface area (Å²) in [4.78, 5) is 0. The van der Waals surface area contributed by atoms with Crippen molar-refractivity contribution in [1.82, 2.24) is 4.57 Å². The quantitative estimate of drug-likeness (QED) is 0.809. The number of nitrogens with two attached hydrogens (primary N) is 1. The summed E-state index contributed by atoms with van der Waals surface area (Å²) in [5, 5.41) is 0. The standard InChI is InChI=1S/C13H16N2/c1-11-3-2-4-13(9-11)15-8-6-12(10-15)5-7-14/h2-4,6,8-10H,5,7,14H2,1H3. The van der Waals surface area contributed by atoms with Crippen LogP contribution in [-0.2, 0) is 6.42 Å². The van der Waals surface area contributed by atoms with Gasteiger partial charge < -0.3 is 10.3 Å². The first-order valence-electron chi connectivity index (χ1n) is 5.23. The lowest BCUT2D eigenvalue weighted by Crippen LogP contribution is -2.01. The zero-order chi connectivity index (χ0) is 10.7. The van der Waals surface area contributed by atoms with Crippen LogP contribution in [0.15, 0.2) is 42.7 Å². The van der Waals surface area contributed by atoms with Gasteiger partial charge in [0.05, 0.1) is 0 Å². The zero-order valence-corrected chi connectivity index (χ0v) is 8.98. The fourth-order valence-electron chi connectivity index (χ4n) is 1.70.